The Labute approximate surface area is 84.3 Å². The summed E-state index contributed by atoms with van der Waals surface area (Å²) in [6, 6.07) is 14.6. The standard InChI is InChI=1S/C13H13N/c1-2-10-14-11-6-9-13(14)12-7-4-3-5-8-12/h2-11H,1H3/b10-2-. The van der Waals surface area contributed by atoms with Gasteiger partial charge in [0.25, 0.3) is 0 Å². The van der Waals surface area contributed by atoms with Crippen molar-refractivity contribution < 1.29 is 0 Å². The highest BCUT2D eigenvalue weighted by molar-refractivity contribution is 5.62. The highest BCUT2D eigenvalue weighted by atomic mass is 14.9. The molecule has 0 aliphatic carbocycles. The Bertz CT molecular complexity index is 424. The first-order valence-corrected chi connectivity index (χ1v) is 4.77. The van der Waals surface area contributed by atoms with Crippen LogP contribution in [0.2, 0.25) is 0 Å². The topological polar surface area (TPSA) is 4.93 Å². The highest BCUT2D eigenvalue weighted by Crippen LogP contribution is 2.19. The summed E-state index contributed by atoms with van der Waals surface area (Å²) >= 11 is 0. The van der Waals surface area contributed by atoms with Crippen LogP contribution in [0, 0.1) is 0 Å². The molecule has 0 atom stereocenters. The smallest absolute Gasteiger partial charge is 0.0522 e. The lowest BCUT2D eigenvalue weighted by Crippen LogP contribution is -1.86. The fourth-order valence-corrected chi connectivity index (χ4v) is 1.54. The molecule has 1 heteroatoms. The second-order valence-corrected chi connectivity index (χ2v) is 3.15. The molecule has 0 saturated heterocycles. The molecule has 1 heterocycles. The van der Waals surface area contributed by atoms with Crippen molar-refractivity contribution in [2.75, 3.05) is 0 Å². The fraction of sp³-hybridized carbons (Fsp3) is 0.0769. The number of hydrogen-bond acceptors (Lipinski definition) is 0. The van der Waals surface area contributed by atoms with Gasteiger partial charge >= 0.3 is 0 Å². The second-order valence-electron chi connectivity index (χ2n) is 3.15. The summed E-state index contributed by atoms with van der Waals surface area (Å²) in [6.07, 6.45) is 6.15. The maximum Gasteiger partial charge on any atom is 0.0522 e. The molecule has 0 N–H and O–H groups in total. The Kier molecular flexibility index (Phi) is 2.50. The van der Waals surface area contributed by atoms with Gasteiger partial charge in [0, 0.05) is 12.4 Å². The van der Waals surface area contributed by atoms with Gasteiger partial charge in [-0.05, 0) is 24.6 Å². The molecule has 0 spiro atoms. The van der Waals surface area contributed by atoms with Crippen LogP contribution in [0.3, 0.4) is 0 Å². The van der Waals surface area contributed by atoms with Gasteiger partial charge in [-0.1, -0.05) is 36.4 Å². The van der Waals surface area contributed by atoms with Gasteiger partial charge in [-0.25, -0.2) is 0 Å². The zero-order valence-electron chi connectivity index (χ0n) is 8.22. The molecule has 0 bridgehead atoms. The predicted molar refractivity (Wildman–Crippen MR) is 60.9 cm³/mol. The van der Waals surface area contributed by atoms with E-state index in [-0.39, 0.29) is 0 Å². The van der Waals surface area contributed by atoms with Crippen LogP contribution in [0.4, 0.5) is 0 Å². The van der Waals surface area contributed by atoms with Crippen molar-refractivity contribution in [3.8, 4) is 11.3 Å². The third kappa shape index (κ3) is 1.62. The van der Waals surface area contributed by atoms with Crippen LogP contribution in [0.5, 0.6) is 0 Å². The number of aromatic nitrogens is 1. The van der Waals surface area contributed by atoms with Crippen molar-refractivity contribution in [3.63, 3.8) is 0 Å². The molecule has 0 aliphatic heterocycles. The van der Waals surface area contributed by atoms with E-state index < -0.39 is 0 Å². The predicted octanol–water partition coefficient (Wildman–Crippen LogP) is 3.65. The summed E-state index contributed by atoms with van der Waals surface area (Å²) < 4.78 is 2.12. The molecule has 1 nitrogen and oxygen atoms in total. The van der Waals surface area contributed by atoms with Gasteiger partial charge in [0.15, 0.2) is 0 Å². The van der Waals surface area contributed by atoms with E-state index in [1.54, 1.807) is 0 Å². The number of hydrogen-bond donors (Lipinski definition) is 0. The van der Waals surface area contributed by atoms with E-state index in [2.05, 4.69) is 53.4 Å². The summed E-state index contributed by atoms with van der Waals surface area (Å²) in [5.74, 6) is 0. The van der Waals surface area contributed by atoms with Gasteiger partial charge in [-0.3, -0.25) is 0 Å². The van der Waals surface area contributed by atoms with Gasteiger partial charge in [0.1, 0.15) is 0 Å². The number of nitrogens with zero attached hydrogens (tertiary/aromatic N) is 1. The largest absolute Gasteiger partial charge is 0.324 e. The Morgan fingerprint density at radius 1 is 1.00 bits per heavy atom. The molecular formula is C13H13N. The Hall–Kier alpha value is -1.76. The van der Waals surface area contributed by atoms with E-state index in [0.717, 1.165) is 0 Å². The summed E-state index contributed by atoms with van der Waals surface area (Å²) in [7, 11) is 0. The monoisotopic (exact) mass is 183 g/mol. The minimum absolute atomic E-state index is 1.23. The van der Waals surface area contributed by atoms with Crippen LogP contribution in [-0.2, 0) is 0 Å². The summed E-state index contributed by atoms with van der Waals surface area (Å²) in [5, 5.41) is 0. The molecule has 0 saturated carbocycles. The van der Waals surface area contributed by atoms with Crippen LogP contribution in [0.15, 0.2) is 54.7 Å². The molecule has 1 aromatic heterocycles. The summed E-state index contributed by atoms with van der Waals surface area (Å²) in [4.78, 5) is 0. The van der Waals surface area contributed by atoms with E-state index >= 15 is 0 Å². The van der Waals surface area contributed by atoms with Crippen molar-refractivity contribution in [1.29, 1.82) is 0 Å². The van der Waals surface area contributed by atoms with Crippen LogP contribution in [0.1, 0.15) is 6.92 Å². The molecule has 0 unspecified atom stereocenters. The normalized spacial score (nSPS) is 10.9. The molecule has 14 heavy (non-hydrogen) atoms. The first kappa shape index (κ1) is 8.82. The molecule has 0 fully saturated rings. The van der Waals surface area contributed by atoms with Crippen molar-refractivity contribution >= 4 is 6.20 Å². The average Bonchev–Trinajstić information content (AvgIpc) is 2.68. The van der Waals surface area contributed by atoms with Crippen LogP contribution in [-0.4, -0.2) is 4.57 Å². The Balaban J connectivity index is 2.47. The van der Waals surface area contributed by atoms with Gasteiger partial charge in [-0.15, -0.1) is 0 Å². The molecule has 0 radical (unpaired) electrons. The SMILES string of the molecule is C/C=C\n1cccc1-c1ccccc1. The first-order chi connectivity index (χ1) is 6.92. The molecular weight excluding hydrogens is 170 g/mol. The van der Waals surface area contributed by atoms with Gasteiger partial charge in [-0.2, -0.15) is 0 Å². The lowest BCUT2D eigenvalue weighted by molar-refractivity contribution is 1.17. The summed E-state index contributed by atoms with van der Waals surface area (Å²) in [5.41, 5.74) is 2.47. The van der Waals surface area contributed by atoms with Crippen LogP contribution >= 0.6 is 0 Å². The lowest BCUT2D eigenvalue weighted by Gasteiger charge is -2.03. The van der Waals surface area contributed by atoms with Crippen molar-refractivity contribution in [2.24, 2.45) is 0 Å². The van der Waals surface area contributed by atoms with E-state index in [1.807, 2.05) is 19.1 Å². The third-order valence-corrected chi connectivity index (χ3v) is 2.16. The average molecular weight is 183 g/mol. The number of allylic oxidation sites excluding steroid dienone is 1. The maximum atomic E-state index is 2.12. The molecule has 70 valence electrons. The molecule has 2 aromatic rings. The van der Waals surface area contributed by atoms with Crippen LogP contribution in [0.25, 0.3) is 17.5 Å². The first-order valence-electron chi connectivity index (χ1n) is 4.77. The van der Waals surface area contributed by atoms with Gasteiger partial charge in [0.2, 0.25) is 0 Å². The Morgan fingerprint density at radius 2 is 1.79 bits per heavy atom. The zero-order chi connectivity index (χ0) is 9.80. The van der Waals surface area contributed by atoms with Crippen LogP contribution < -0.4 is 0 Å². The molecule has 2 rings (SSSR count). The zero-order valence-corrected chi connectivity index (χ0v) is 8.22. The van der Waals surface area contributed by atoms with Gasteiger partial charge < -0.3 is 4.57 Å². The Morgan fingerprint density at radius 3 is 2.50 bits per heavy atom. The minimum Gasteiger partial charge on any atom is -0.324 e. The number of rotatable bonds is 2. The summed E-state index contributed by atoms with van der Waals surface area (Å²) in [6.45, 7) is 2.02. The molecule has 0 aliphatic rings. The third-order valence-electron chi connectivity index (χ3n) is 2.16. The maximum absolute atomic E-state index is 2.12. The fourth-order valence-electron chi connectivity index (χ4n) is 1.54. The highest BCUT2D eigenvalue weighted by Gasteiger charge is 1.99. The molecule has 1 aromatic carbocycles. The van der Waals surface area contributed by atoms with E-state index in [0.29, 0.717) is 0 Å². The van der Waals surface area contributed by atoms with E-state index in [4.69, 9.17) is 0 Å². The van der Waals surface area contributed by atoms with E-state index in [1.165, 1.54) is 11.3 Å². The van der Waals surface area contributed by atoms with Crippen molar-refractivity contribution in [2.45, 2.75) is 6.92 Å². The quantitative estimate of drug-likeness (QED) is 0.669. The lowest BCUT2D eigenvalue weighted by atomic mass is 10.1. The molecule has 0 amide bonds. The van der Waals surface area contributed by atoms with Crippen molar-refractivity contribution in [3.05, 3.63) is 54.7 Å². The van der Waals surface area contributed by atoms with Crippen molar-refractivity contribution in [1.82, 2.24) is 4.57 Å². The number of benzene rings is 1. The minimum atomic E-state index is 1.23. The second kappa shape index (κ2) is 3.97. The van der Waals surface area contributed by atoms with Gasteiger partial charge in [0.05, 0.1) is 5.69 Å². The van der Waals surface area contributed by atoms with E-state index in [9.17, 15) is 0 Å².